The van der Waals surface area contributed by atoms with E-state index in [1.54, 1.807) is 0 Å². The average Bonchev–Trinajstić information content (AvgIpc) is 3.26. The van der Waals surface area contributed by atoms with Gasteiger partial charge in [0.15, 0.2) is 0 Å². The van der Waals surface area contributed by atoms with Crippen LogP contribution in [0.25, 0.3) is 0 Å². The summed E-state index contributed by atoms with van der Waals surface area (Å²) in [7, 11) is 0. The van der Waals surface area contributed by atoms with Crippen molar-refractivity contribution in [2.45, 2.75) is 76.7 Å². The molecule has 2 rings (SSSR count). The van der Waals surface area contributed by atoms with Crippen LogP contribution in [0, 0.1) is 0 Å². The van der Waals surface area contributed by atoms with Crippen LogP contribution >= 0.6 is 23.2 Å². The van der Waals surface area contributed by atoms with Gasteiger partial charge in [-0.05, 0) is 43.5 Å². The van der Waals surface area contributed by atoms with E-state index in [0.717, 1.165) is 11.6 Å². The number of unbranched alkanes of at least 4 members (excludes halogenated alkanes) is 7. The van der Waals surface area contributed by atoms with Crippen molar-refractivity contribution >= 4 is 23.2 Å². The van der Waals surface area contributed by atoms with Crippen LogP contribution in [0.1, 0.15) is 76.7 Å². The Morgan fingerprint density at radius 1 is 0.955 bits per heavy atom. The third-order valence-corrected chi connectivity index (χ3v) is 5.24. The van der Waals surface area contributed by atoms with Crippen LogP contribution < -0.4 is 5.32 Å². The van der Waals surface area contributed by atoms with Gasteiger partial charge < -0.3 is 5.32 Å². The first kappa shape index (κ1) is 18.1. The molecule has 3 heteroatoms. The van der Waals surface area contributed by atoms with E-state index >= 15 is 0 Å². The zero-order valence-electron chi connectivity index (χ0n) is 13.8. The van der Waals surface area contributed by atoms with Gasteiger partial charge in [0.2, 0.25) is 0 Å². The van der Waals surface area contributed by atoms with Gasteiger partial charge >= 0.3 is 0 Å². The zero-order chi connectivity index (χ0) is 15.8. The molecule has 1 N–H and O–H groups in total. The van der Waals surface area contributed by atoms with Crippen LogP contribution in [0.15, 0.2) is 18.2 Å². The van der Waals surface area contributed by atoms with Crippen LogP contribution in [-0.4, -0.2) is 6.54 Å². The molecule has 0 heterocycles. The lowest BCUT2D eigenvalue weighted by Gasteiger charge is -2.19. The zero-order valence-corrected chi connectivity index (χ0v) is 15.3. The van der Waals surface area contributed by atoms with Gasteiger partial charge in [-0.2, -0.15) is 0 Å². The van der Waals surface area contributed by atoms with Crippen LogP contribution in [-0.2, 0) is 5.54 Å². The van der Waals surface area contributed by atoms with E-state index < -0.39 is 0 Å². The molecule has 0 spiro atoms. The van der Waals surface area contributed by atoms with Gasteiger partial charge in [0.25, 0.3) is 0 Å². The quantitative estimate of drug-likeness (QED) is 0.441. The summed E-state index contributed by atoms with van der Waals surface area (Å²) >= 11 is 12.3. The molecule has 0 aliphatic heterocycles. The summed E-state index contributed by atoms with van der Waals surface area (Å²) in [5, 5.41) is 5.25. The smallest absolute Gasteiger partial charge is 0.0471 e. The first-order valence-electron chi connectivity index (χ1n) is 8.88. The van der Waals surface area contributed by atoms with Gasteiger partial charge in [-0.25, -0.2) is 0 Å². The molecule has 1 fully saturated rings. The van der Waals surface area contributed by atoms with E-state index in [1.807, 2.05) is 12.1 Å². The molecular formula is C19H29Cl2N. The summed E-state index contributed by atoms with van der Waals surface area (Å²) in [4.78, 5) is 0. The van der Waals surface area contributed by atoms with E-state index in [9.17, 15) is 0 Å². The number of hydrogen-bond acceptors (Lipinski definition) is 1. The van der Waals surface area contributed by atoms with Gasteiger partial charge in [-0.15, -0.1) is 0 Å². The minimum Gasteiger partial charge on any atom is -0.307 e. The minimum atomic E-state index is 0.128. The monoisotopic (exact) mass is 341 g/mol. The van der Waals surface area contributed by atoms with Crippen molar-refractivity contribution in [1.82, 2.24) is 5.32 Å². The fourth-order valence-corrected chi connectivity index (χ4v) is 3.72. The molecule has 1 aromatic carbocycles. The second kappa shape index (κ2) is 9.15. The molecular weight excluding hydrogens is 313 g/mol. The maximum atomic E-state index is 6.35. The number of benzene rings is 1. The predicted molar refractivity (Wildman–Crippen MR) is 98.0 cm³/mol. The fraction of sp³-hybridized carbons (Fsp3) is 0.684. The summed E-state index contributed by atoms with van der Waals surface area (Å²) in [5.74, 6) is 0. The summed E-state index contributed by atoms with van der Waals surface area (Å²) in [6.07, 6.45) is 13.3. The Labute approximate surface area is 145 Å². The third kappa shape index (κ3) is 5.44. The van der Waals surface area contributed by atoms with Crippen molar-refractivity contribution in [1.29, 1.82) is 0 Å². The fourth-order valence-electron chi connectivity index (χ4n) is 3.13. The van der Waals surface area contributed by atoms with Crippen LogP contribution in [0.5, 0.6) is 0 Å². The maximum absolute atomic E-state index is 6.35. The first-order valence-corrected chi connectivity index (χ1v) is 9.64. The van der Waals surface area contributed by atoms with Gasteiger partial charge in [-0.3, -0.25) is 0 Å². The molecule has 0 atom stereocenters. The van der Waals surface area contributed by atoms with Crippen molar-refractivity contribution in [3.8, 4) is 0 Å². The highest BCUT2D eigenvalue weighted by Crippen LogP contribution is 2.48. The van der Waals surface area contributed by atoms with Crippen LogP contribution in [0.4, 0.5) is 0 Å². The molecule has 0 bridgehead atoms. The molecule has 0 unspecified atom stereocenters. The number of nitrogens with one attached hydrogen (secondary N) is 1. The third-order valence-electron chi connectivity index (χ3n) is 4.69. The summed E-state index contributed by atoms with van der Waals surface area (Å²) in [6, 6.07) is 5.88. The first-order chi connectivity index (χ1) is 10.7. The predicted octanol–water partition coefficient (Wildman–Crippen LogP) is 6.71. The van der Waals surface area contributed by atoms with E-state index in [4.69, 9.17) is 23.2 Å². The highest BCUT2D eigenvalue weighted by molar-refractivity contribution is 6.35. The standard InChI is InChI=1S/C19H29Cl2N/c1-2-3-4-5-6-7-8-9-14-22-19(12-13-19)17-11-10-16(20)15-18(17)21/h10-11,15,22H,2-9,12-14H2,1H3. The summed E-state index contributed by atoms with van der Waals surface area (Å²) in [6.45, 7) is 3.36. The van der Waals surface area contributed by atoms with Gasteiger partial charge in [0.05, 0.1) is 0 Å². The molecule has 0 radical (unpaired) electrons. The van der Waals surface area contributed by atoms with Crippen molar-refractivity contribution in [2.75, 3.05) is 6.54 Å². The molecule has 1 nitrogen and oxygen atoms in total. The number of hydrogen-bond donors (Lipinski definition) is 1. The average molecular weight is 342 g/mol. The SMILES string of the molecule is CCCCCCCCCCNC1(c2ccc(Cl)cc2Cl)CC1. The molecule has 124 valence electrons. The molecule has 1 aromatic rings. The van der Waals surface area contributed by atoms with E-state index in [0.29, 0.717) is 5.02 Å². The highest BCUT2D eigenvalue weighted by atomic mass is 35.5. The van der Waals surface area contributed by atoms with Gasteiger partial charge in [0, 0.05) is 15.6 Å². The summed E-state index contributed by atoms with van der Waals surface area (Å²) in [5.41, 5.74) is 1.35. The van der Waals surface area contributed by atoms with Crippen molar-refractivity contribution < 1.29 is 0 Å². The Kier molecular flexibility index (Phi) is 7.53. The molecule has 0 aromatic heterocycles. The van der Waals surface area contributed by atoms with Gasteiger partial charge in [-0.1, -0.05) is 81.1 Å². The van der Waals surface area contributed by atoms with Crippen molar-refractivity contribution in [3.63, 3.8) is 0 Å². The number of halogens is 2. The van der Waals surface area contributed by atoms with Crippen molar-refractivity contribution in [2.24, 2.45) is 0 Å². The largest absolute Gasteiger partial charge is 0.307 e. The van der Waals surface area contributed by atoms with E-state index in [-0.39, 0.29) is 5.54 Å². The molecule has 22 heavy (non-hydrogen) atoms. The van der Waals surface area contributed by atoms with E-state index in [1.165, 1.54) is 69.8 Å². The topological polar surface area (TPSA) is 12.0 Å². The lowest BCUT2D eigenvalue weighted by atomic mass is 10.0. The second-order valence-corrected chi connectivity index (χ2v) is 7.45. The van der Waals surface area contributed by atoms with Gasteiger partial charge in [0.1, 0.15) is 0 Å². The Balaban J connectivity index is 1.62. The maximum Gasteiger partial charge on any atom is 0.0471 e. The Morgan fingerprint density at radius 2 is 1.59 bits per heavy atom. The molecule has 0 amide bonds. The normalized spacial score (nSPS) is 16.0. The molecule has 1 saturated carbocycles. The van der Waals surface area contributed by atoms with Crippen molar-refractivity contribution in [3.05, 3.63) is 33.8 Å². The molecule has 0 saturated heterocycles. The summed E-state index contributed by atoms with van der Waals surface area (Å²) < 4.78 is 0. The Hall–Kier alpha value is -0.240. The molecule has 1 aliphatic rings. The Morgan fingerprint density at radius 3 is 2.18 bits per heavy atom. The lowest BCUT2D eigenvalue weighted by molar-refractivity contribution is 0.489. The van der Waals surface area contributed by atoms with Crippen LogP contribution in [0.3, 0.4) is 0 Å². The highest BCUT2D eigenvalue weighted by Gasteiger charge is 2.44. The Bertz CT molecular complexity index is 455. The lowest BCUT2D eigenvalue weighted by Crippen LogP contribution is -2.30. The van der Waals surface area contributed by atoms with E-state index in [2.05, 4.69) is 18.3 Å². The molecule has 1 aliphatic carbocycles. The number of rotatable bonds is 11. The second-order valence-electron chi connectivity index (χ2n) is 6.61. The minimum absolute atomic E-state index is 0.128. The van der Waals surface area contributed by atoms with Crippen LogP contribution in [0.2, 0.25) is 10.0 Å².